The fraction of sp³-hybridized carbons (Fsp3) is 0.333. The molecular formula is C12H15ClO2. The highest BCUT2D eigenvalue weighted by molar-refractivity contribution is 6.32. The molecule has 1 rings (SSSR count). The lowest BCUT2D eigenvalue weighted by atomic mass is 10.1. The van der Waals surface area contributed by atoms with Crippen LogP contribution in [0.15, 0.2) is 30.9 Å². The van der Waals surface area contributed by atoms with Gasteiger partial charge < -0.3 is 9.84 Å². The Kier molecular flexibility index (Phi) is 4.66. The van der Waals surface area contributed by atoms with E-state index in [0.29, 0.717) is 17.4 Å². The monoisotopic (exact) mass is 226 g/mol. The summed E-state index contributed by atoms with van der Waals surface area (Å²) in [6.45, 7) is 5.87. The molecule has 0 fully saturated rings. The molecule has 3 heteroatoms. The molecule has 0 saturated carbocycles. The van der Waals surface area contributed by atoms with Crippen LogP contribution >= 0.6 is 11.6 Å². The van der Waals surface area contributed by atoms with Crippen LogP contribution in [0.1, 0.15) is 25.0 Å². The zero-order valence-electron chi connectivity index (χ0n) is 8.74. The Bertz CT molecular complexity index is 334. The summed E-state index contributed by atoms with van der Waals surface area (Å²) in [5.74, 6) is 0.642. The summed E-state index contributed by atoms with van der Waals surface area (Å²) >= 11 is 5.99. The average molecular weight is 227 g/mol. The maximum atomic E-state index is 9.34. The molecular weight excluding hydrogens is 212 g/mol. The van der Waals surface area contributed by atoms with Crippen molar-refractivity contribution in [3.8, 4) is 5.75 Å². The van der Waals surface area contributed by atoms with E-state index in [0.717, 1.165) is 12.0 Å². The summed E-state index contributed by atoms with van der Waals surface area (Å²) in [6.07, 6.45) is 2.07. The van der Waals surface area contributed by atoms with Crippen LogP contribution < -0.4 is 4.74 Å². The van der Waals surface area contributed by atoms with Crippen molar-refractivity contribution in [2.24, 2.45) is 0 Å². The molecule has 1 N–H and O–H groups in total. The van der Waals surface area contributed by atoms with Gasteiger partial charge in [0.15, 0.2) is 0 Å². The van der Waals surface area contributed by atoms with Gasteiger partial charge in [-0.05, 0) is 31.0 Å². The van der Waals surface area contributed by atoms with Gasteiger partial charge in [0.05, 0.1) is 17.7 Å². The highest BCUT2D eigenvalue weighted by Crippen LogP contribution is 2.27. The SMILES string of the molecule is C=CCCOc1ccc([C@H](C)O)cc1Cl. The van der Waals surface area contributed by atoms with Crippen molar-refractivity contribution in [2.75, 3.05) is 6.61 Å². The predicted octanol–water partition coefficient (Wildman–Crippen LogP) is 3.35. The number of aliphatic hydroxyl groups excluding tert-OH is 1. The first kappa shape index (κ1) is 12.1. The van der Waals surface area contributed by atoms with E-state index in [9.17, 15) is 5.11 Å². The first-order valence-electron chi connectivity index (χ1n) is 4.86. The molecule has 0 radical (unpaired) electrons. The molecule has 0 aliphatic rings. The van der Waals surface area contributed by atoms with Crippen molar-refractivity contribution < 1.29 is 9.84 Å². The van der Waals surface area contributed by atoms with E-state index in [1.165, 1.54) is 0 Å². The Labute approximate surface area is 95.1 Å². The second-order valence-corrected chi connectivity index (χ2v) is 3.70. The number of rotatable bonds is 5. The first-order valence-corrected chi connectivity index (χ1v) is 5.24. The predicted molar refractivity (Wildman–Crippen MR) is 62.4 cm³/mol. The lowest BCUT2D eigenvalue weighted by Gasteiger charge is -2.09. The minimum absolute atomic E-state index is 0.510. The molecule has 0 bridgehead atoms. The number of ether oxygens (including phenoxy) is 1. The summed E-state index contributed by atoms with van der Waals surface area (Å²) in [7, 11) is 0. The third-order valence-electron chi connectivity index (χ3n) is 2.02. The Morgan fingerprint density at radius 2 is 2.33 bits per heavy atom. The van der Waals surface area contributed by atoms with Crippen LogP contribution in [0.25, 0.3) is 0 Å². The van der Waals surface area contributed by atoms with Gasteiger partial charge in [0.1, 0.15) is 5.75 Å². The maximum Gasteiger partial charge on any atom is 0.137 e. The normalized spacial score (nSPS) is 12.2. The van der Waals surface area contributed by atoms with Crippen molar-refractivity contribution in [1.29, 1.82) is 0 Å². The molecule has 82 valence electrons. The lowest BCUT2D eigenvalue weighted by Crippen LogP contribution is -1.97. The number of halogens is 1. The molecule has 1 atom stereocenters. The van der Waals surface area contributed by atoms with E-state index >= 15 is 0 Å². The summed E-state index contributed by atoms with van der Waals surface area (Å²) in [5.41, 5.74) is 0.788. The molecule has 0 saturated heterocycles. The second-order valence-electron chi connectivity index (χ2n) is 3.29. The smallest absolute Gasteiger partial charge is 0.137 e. The maximum absolute atomic E-state index is 9.34. The summed E-state index contributed by atoms with van der Waals surface area (Å²) in [4.78, 5) is 0. The van der Waals surface area contributed by atoms with Gasteiger partial charge in [-0.3, -0.25) is 0 Å². The number of hydrogen-bond donors (Lipinski definition) is 1. The van der Waals surface area contributed by atoms with Gasteiger partial charge in [-0.25, -0.2) is 0 Å². The molecule has 0 spiro atoms. The standard InChI is InChI=1S/C12H15ClO2/c1-3-4-7-15-12-6-5-10(9(2)14)8-11(12)13/h3,5-6,8-9,14H,1,4,7H2,2H3/t9-/m0/s1. The van der Waals surface area contributed by atoms with Gasteiger partial charge in [-0.1, -0.05) is 23.7 Å². The minimum Gasteiger partial charge on any atom is -0.492 e. The summed E-state index contributed by atoms with van der Waals surface area (Å²) < 4.78 is 5.43. The first-order chi connectivity index (χ1) is 7.15. The van der Waals surface area contributed by atoms with Crippen molar-refractivity contribution in [1.82, 2.24) is 0 Å². The zero-order chi connectivity index (χ0) is 11.3. The molecule has 1 aromatic rings. The highest BCUT2D eigenvalue weighted by atomic mass is 35.5. The molecule has 0 amide bonds. The van der Waals surface area contributed by atoms with Crippen LogP contribution in [0.2, 0.25) is 5.02 Å². The number of benzene rings is 1. The van der Waals surface area contributed by atoms with E-state index in [1.807, 2.05) is 0 Å². The third-order valence-corrected chi connectivity index (χ3v) is 2.31. The van der Waals surface area contributed by atoms with Crippen molar-refractivity contribution in [3.63, 3.8) is 0 Å². The van der Waals surface area contributed by atoms with E-state index < -0.39 is 6.10 Å². The van der Waals surface area contributed by atoms with Gasteiger partial charge in [-0.15, -0.1) is 6.58 Å². The Morgan fingerprint density at radius 1 is 1.60 bits per heavy atom. The van der Waals surface area contributed by atoms with Gasteiger partial charge >= 0.3 is 0 Å². The minimum atomic E-state index is -0.510. The largest absolute Gasteiger partial charge is 0.492 e. The van der Waals surface area contributed by atoms with E-state index in [-0.39, 0.29) is 0 Å². The highest BCUT2D eigenvalue weighted by Gasteiger charge is 2.05. The van der Waals surface area contributed by atoms with E-state index in [1.54, 1.807) is 31.2 Å². The van der Waals surface area contributed by atoms with E-state index in [4.69, 9.17) is 16.3 Å². The second kappa shape index (κ2) is 5.79. The van der Waals surface area contributed by atoms with Crippen LogP contribution in [0.4, 0.5) is 0 Å². The lowest BCUT2D eigenvalue weighted by molar-refractivity contribution is 0.199. The average Bonchev–Trinajstić information content (AvgIpc) is 2.20. The molecule has 15 heavy (non-hydrogen) atoms. The molecule has 0 aliphatic heterocycles. The van der Waals surface area contributed by atoms with Crippen molar-refractivity contribution >= 4 is 11.6 Å². The fourth-order valence-corrected chi connectivity index (χ4v) is 1.39. The molecule has 0 unspecified atom stereocenters. The zero-order valence-corrected chi connectivity index (χ0v) is 9.50. The quantitative estimate of drug-likeness (QED) is 0.616. The van der Waals surface area contributed by atoms with Gasteiger partial charge in [0, 0.05) is 0 Å². The molecule has 0 aliphatic carbocycles. The summed E-state index contributed by atoms with van der Waals surface area (Å²) in [5, 5.41) is 9.87. The Hall–Kier alpha value is -0.990. The Morgan fingerprint density at radius 3 is 2.87 bits per heavy atom. The molecule has 0 heterocycles. The van der Waals surface area contributed by atoms with Crippen LogP contribution in [-0.2, 0) is 0 Å². The molecule has 1 aromatic carbocycles. The van der Waals surface area contributed by atoms with Crippen LogP contribution in [0.3, 0.4) is 0 Å². The van der Waals surface area contributed by atoms with Crippen LogP contribution in [-0.4, -0.2) is 11.7 Å². The number of hydrogen-bond acceptors (Lipinski definition) is 2. The van der Waals surface area contributed by atoms with E-state index in [2.05, 4.69) is 6.58 Å². The number of aliphatic hydroxyl groups is 1. The third kappa shape index (κ3) is 3.57. The van der Waals surface area contributed by atoms with Gasteiger partial charge in [-0.2, -0.15) is 0 Å². The van der Waals surface area contributed by atoms with Crippen LogP contribution in [0, 0.1) is 0 Å². The topological polar surface area (TPSA) is 29.5 Å². The van der Waals surface area contributed by atoms with Crippen molar-refractivity contribution in [3.05, 3.63) is 41.4 Å². The van der Waals surface area contributed by atoms with Gasteiger partial charge in [0.25, 0.3) is 0 Å². The molecule has 2 nitrogen and oxygen atoms in total. The Balaban J connectivity index is 2.70. The van der Waals surface area contributed by atoms with Crippen molar-refractivity contribution in [2.45, 2.75) is 19.4 Å². The van der Waals surface area contributed by atoms with Crippen LogP contribution in [0.5, 0.6) is 5.75 Å². The molecule has 0 aromatic heterocycles. The summed E-state index contributed by atoms with van der Waals surface area (Å²) in [6, 6.07) is 5.29. The fourth-order valence-electron chi connectivity index (χ4n) is 1.15. The van der Waals surface area contributed by atoms with Gasteiger partial charge in [0.2, 0.25) is 0 Å².